The zero-order chi connectivity index (χ0) is 18.8. The maximum Gasteiger partial charge on any atom is 0.226 e. The third kappa shape index (κ3) is 3.78. The summed E-state index contributed by atoms with van der Waals surface area (Å²) in [6.07, 6.45) is 4.42. The molecule has 4 rings (SSSR count). The number of nitrogens with zero attached hydrogens (tertiary/aromatic N) is 1. The summed E-state index contributed by atoms with van der Waals surface area (Å²) in [5.41, 5.74) is 6.19. The van der Waals surface area contributed by atoms with Gasteiger partial charge in [0.1, 0.15) is 11.5 Å². The molecule has 1 heterocycles. The van der Waals surface area contributed by atoms with Gasteiger partial charge in [-0.15, -0.1) is 0 Å². The average Bonchev–Trinajstić information content (AvgIpc) is 3.25. The predicted molar refractivity (Wildman–Crippen MR) is 108 cm³/mol. The van der Waals surface area contributed by atoms with Gasteiger partial charge in [0.2, 0.25) is 5.89 Å². The Morgan fingerprint density at radius 1 is 1.11 bits per heavy atom. The number of hydrogen-bond donors (Lipinski definition) is 0. The van der Waals surface area contributed by atoms with Gasteiger partial charge in [-0.25, -0.2) is 4.98 Å². The summed E-state index contributed by atoms with van der Waals surface area (Å²) < 4.78 is 11.9. The van der Waals surface area contributed by atoms with Gasteiger partial charge in [0.25, 0.3) is 0 Å². The van der Waals surface area contributed by atoms with E-state index in [0.717, 1.165) is 35.1 Å². The van der Waals surface area contributed by atoms with E-state index in [1.165, 1.54) is 36.0 Å². The minimum Gasteiger partial charge on any atom is -0.493 e. The molecule has 1 unspecified atom stereocenters. The van der Waals surface area contributed by atoms with Crippen LogP contribution in [-0.2, 0) is 12.8 Å². The van der Waals surface area contributed by atoms with E-state index in [1.807, 2.05) is 6.92 Å². The van der Waals surface area contributed by atoms with Crippen LogP contribution in [0, 0.1) is 13.8 Å². The van der Waals surface area contributed by atoms with Crippen LogP contribution in [0.1, 0.15) is 53.8 Å². The molecule has 3 aromatic rings. The number of aromatic nitrogens is 1. The van der Waals surface area contributed by atoms with E-state index in [4.69, 9.17) is 9.15 Å². The van der Waals surface area contributed by atoms with Crippen LogP contribution in [0.5, 0.6) is 5.75 Å². The Bertz CT molecular complexity index is 924. The number of fused-ring (bicyclic) bond motifs is 1. The van der Waals surface area contributed by atoms with Gasteiger partial charge in [0.15, 0.2) is 0 Å². The van der Waals surface area contributed by atoms with Crippen molar-refractivity contribution in [2.75, 3.05) is 6.61 Å². The first-order valence-electron chi connectivity index (χ1n) is 9.93. The summed E-state index contributed by atoms with van der Waals surface area (Å²) in [4.78, 5) is 4.67. The fraction of sp³-hybridized carbons (Fsp3) is 0.375. The minimum absolute atomic E-state index is 0.608. The molecule has 0 N–H and O–H groups in total. The summed E-state index contributed by atoms with van der Waals surface area (Å²) in [5.74, 6) is 3.25. The fourth-order valence-electron chi connectivity index (χ4n) is 3.94. The van der Waals surface area contributed by atoms with Crippen molar-refractivity contribution in [1.29, 1.82) is 0 Å². The van der Waals surface area contributed by atoms with Gasteiger partial charge in [0.05, 0.1) is 12.3 Å². The third-order valence-electron chi connectivity index (χ3n) is 5.61. The molecule has 140 valence electrons. The van der Waals surface area contributed by atoms with Crippen molar-refractivity contribution in [2.45, 2.75) is 52.4 Å². The van der Waals surface area contributed by atoms with Crippen LogP contribution in [0.25, 0.3) is 11.5 Å². The Morgan fingerprint density at radius 3 is 2.70 bits per heavy atom. The number of ether oxygens (including phenoxy) is 1. The molecule has 0 saturated heterocycles. The first kappa shape index (κ1) is 17.8. The lowest BCUT2D eigenvalue weighted by molar-refractivity contribution is 0.319. The number of aryl methyl sites for hydroxylation is 3. The van der Waals surface area contributed by atoms with E-state index >= 15 is 0 Å². The summed E-state index contributed by atoms with van der Waals surface area (Å²) in [6, 6.07) is 14.8. The van der Waals surface area contributed by atoms with Crippen LogP contribution in [0.15, 0.2) is 46.9 Å². The van der Waals surface area contributed by atoms with Gasteiger partial charge in [0, 0.05) is 12.0 Å². The SMILES string of the molecule is CCC1CCc2cc(OCCc3nc(-c4ccc(C)cc4)oc3C)ccc21. The highest BCUT2D eigenvalue weighted by atomic mass is 16.5. The third-order valence-corrected chi connectivity index (χ3v) is 5.61. The van der Waals surface area contributed by atoms with Gasteiger partial charge < -0.3 is 9.15 Å². The highest BCUT2D eigenvalue weighted by Crippen LogP contribution is 2.37. The number of rotatable bonds is 6. The molecule has 0 radical (unpaired) electrons. The molecule has 0 spiro atoms. The van der Waals surface area contributed by atoms with Crippen LogP contribution in [-0.4, -0.2) is 11.6 Å². The molecule has 0 fully saturated rings. The van der Waals surface area contributed by atoms with Crippen LogP contribution < -0.4 is 4.74 Å². The van der Waals surface area contributed by atoms with Crippen molar-refractivity contribution in [2.24, 2.45) is 0 Å². The highest BCUT2D eigenvalue weighted by Gasteiger charge is 2.21. The Labute approximate surface area is 161 Å². The number of benzene rings is 2. The van der Waals surface area contributed by atoms with Crippen molar-refractivity contribution >= 4 is 0 Å². The zero-order valence-electron chi connectivity index (χ0n) is 16.4. The Balaban J connectivity index is 1.39. The van der Waals surface area contributed by atoms with Crippen molar-refractivity contribution in [3.63, 3.8) is 0 Å². The summed E-state index contributed by atoms with van der Waals surface area (Å²) in [7, 11) is 0. The second-order valence-corrected chi connectivity index (χ2v) is 7.49. The van der Waals surface area contributed by atoms with Gasteiger partial charge >= 0.3 is 0 Å². The van der Waals surface area contributed by atoms with Crippen LogP contribution in [0.4, 0.5) is 0 Å². The molecule has 2 aromatic carbocycles. The smallest absolute Gasteiger partial charge is 0.226 e. The van der Waals surface area contributed by atoms with E-state index in [-0.39, 0.29) is 0 Å². The lowest BCUT2D eigenvalue weighted by Gasteiger charge is -2.10. The van der Waals surface area contributed by atoms with Crippen LogP contribution in [0.2, 0.25) is 0 Å². The second kappa shape index (κ2) is 7.59. The molecule has 27 heavy (non-hydrogen) atoms. The number of hydrogen-bond acceptors (Lipinski definition) is 3. The first-order chi connectivity index (χ1) is 13.1. The molecule has 0 amide bonds. The van der Waals surface area contributed by atoms with E-state index in [1.54, 1.807) is 0 Å². The molecule has 3 heteroatoms. The van der Waals surface area contributed by atoms with E-state index in [0.29, 0.717) is 12.5 Å². The lowest BCUT2D eigenvalue weighted by Crippen LogP contribution is -2.03. The molecule has 1 aromatic heterocycles. The van der Waals surface area contributed by atoms with Crippen molar-refractivity contribution in [3.05, 3.63) is 70.6 Å². The van der Waals surface area contributed by atoms with Crippen molar-refractivity contribution in [3.8, 4) is 17.2 Å². The monoisotopic (exact) mass is 361 g/mol. The molecule has 3 nitrogen and oxygen atoms in total. The number of oxazole rings is 1. The fourth-order valence-corrected chi connectivity index (χ4v) is 3.94. The van der Waals surface area contributed by atoms with Gasteiger partial charge in [-0.2, -0.15) is 0 Å². The standard InChI is InChI=1S/C24H27NO2/c1-4-18-9-10-20-15-21(11-12-22(18)20)26-14-13-23-17(3)27-24(25-23)19-7-5-16(2)6-8-19/h5-8,11-12,15,18H,4,9-10,13-14H2,1-3H3. The van der Waals surface area contributed by atoms with Crippen molar-refractivity contribution in [1.82, 2.24) is 4.98 Å². The predicted octanol–water partition coefficient (Wildman–Crippen LogP) is 6.02. The van der Waals surface area contributed by atoms with Gasteiger partial charge in [-0.05, 0) is 74.4 Å². The molecule has 1 aliphatic rings. The van der Waals surface area contributed by atoms with Gasteiger partial charge in [-0.3, -0.25) is 0 Å². The topological polar surface area (TPSA) is 35.3 Å². The molecule has 1 aliphatic carbocycles. The van der Waals surface area contributed by atoms with E-state index in [9.17, 15) is 0 Å². The maximum atomic E-state index is 6.01. The molecule has 1 atom stereocenters. The van der Waals surface area contributed by atoms with Crippen molar-refractivity contribution < 1.29 is 9.15 Å². The molecule has 0 bridgehead atoms. The van der Waals surface area contributed by atoms with Gasteiger partial charge in [-0.1, -0.05) is 30.7 Å². The normalized spacial score (nSPS) is 15.7. The summed E-state index contributed by atoms with van der Waals surface area (Å²) >= 11 is 0. The molecule has 0 saturated carbocycles. The summed E-state index contributed by atoms with van der Waals surface area (Å²) in [5, 5.41) is 0. The van der Waals surface area contributed by atoms with E-state index < -0.39 is 0 Å². The molecular weight excluding hydrogens is 334 g/mol. The largest absolute Gasteiger partial charge is 0.493 e. The maximum absolute atomic E-state index is 6.01. The molecular formula is C24H27NO2. The minimum atomic E-state index is 0.608. The van der Waals surface area contributed by atoms with E-state index in [2.05, 4.69) is 61.3 Å². The second-order valence-electron chi connectivity index (χ2n) is 7.49. The Morgan fingerprint density at radius 2 is 1.93 bits per heavy atom. The Kier molecular flexibility index (Phi) is 5.02. The average molecular weight is 361 g/mol. The Hall–Kier alpha value is -2.55. The zero-order valence-corrected chi connectivity index (χ0v) is 16.4. The molecule has 0 aliphatic heterocycles. The van der Waals surface area contributed by atoms with Crippen LogP contribution >= 0.6 is 0 Å². The lowest BCUT2D eigenvalue weighted by atomic mass is 9.99. The highest BCUT2D eigenvalue weighted by molar-refractivity contribution is 5.54. The quantitative estimate of drug-likeness (QED) is 0.538. The first-order valence-corrected chi connectivity index (χ1v) is 9.93. The van der Waals surface area contributed by atoms with Crippen LogP contribution in [0.3, 0.4) is 0 Å². The summed E-state index contributed by atoms with van der Waals surface area (Å²) in [6.45, 7) is 6.93.